The zero-order valence-electron chi connectivity index (χ0n) is 14.6. The molecule has 0 spiro atoms. The zero-order valence-corrected chi connectivity index (χ0v) is 14.6. The minimum absolute atomic E-state index is 0.0654. The van der Waals surface area contributed by atoms with Gasteiger partial charge in [0, 0.05) is 11.7 Å². The molecule has 25 heavy (non-hydrogen) atoms. The van der Waals surface area contributed by atoms with Crippen molar-refractivity contribution in [2.45, 2.75) is 38.6 Å². The van der Waals surface area contributed by atoms with E-state index in [1.165, 1.54) is 32.0 Å². The Morgan fingerprint density at radius 2 is 2.12 bits per heavy atom. The Labute approximate surface area is 148 Å². The summed E-state index contributed by atoms with van der Waals surface area (Å²) in [6.45, 7) is 2.46. The average molecular weight is 339 g/mol. The molecule has 2 bridgehead atoms. The third-order valence-electron chi connectivity index (χ3n) is 5.83. The van der Waals surface area contributed by atoms with Crippen LogP contribution in [0.5, 0.6) is 0 Å². The predicted molar refractivity (Wildman–Crippen MR) is 96.4 cm³/mol. The van der Waals surface area contributed by atoms with Gasteiger partial charge in [0.05, 0.1) is 12.2 Å². The molecule has 2 aliphatic rings. The number of hydrogen-bond acceptors (Lipinski definition) is 4. The minimum Gasteiger partial charge on any atom is -0.376 e. The molecule has 2 aliphatic carbocycles. The van der Waals surface area contributed by atoms with Gasteiger partial charge in [-0.2, -0.15) is 5.10 Å². The maximum atomic E-state index is 12.2. The summed E-state index contributed by atoms with van der Waals surface area (Å²) in [7, 11) is 0. The highest BCUT2D eigenvalue weighted by molar-refractivity contribution is 5.81. The number of benzene rings is 1. The molecule has 4 rings (SSSR count). The van der Waals surface area contributed by atoms with Gasteiger partial charge in [0.1, 0.15) is 12.7 Å². The van der Waals surface area contributed by atoms with E-state index in [2.05, 4.69) is 27.6 Å². The van der Waals surface area contributed by atoms with Crippen LogP contribution < -0.4 is 10.6 Å². The molecule has 4 atom stereocenters. The highest BCUT2D eigenvalue weighted by atomic mass is 16.1. The van der Waals surface area contributed by atoms with Crippen LogP contribution in [0.3, 0.4) is 0 Å². The maximum Gasteiger partial charge on any atom is 0.239 e. The minimum atomic E-state index is 0.0654. The first-order valence-electron chi connectivity index (χ1n) is 9.17. The second-order valence-corrected chi connectivity index (χ2v) is 7.44. The van der Waals surface area contributed by atoms with Gasteiger partial charge in [0.2, 0.25) is 5.91 Å². The number of amides is 1. The van der Waals surface area contributed by atoms with Crippen LogP contribution in [0, 0.1) is 17.8 Å². The molecule has 1 aromatic heterocycles. The molecular weight excluding hydrogens is 314 g/mol. The van der Waals surface area contributed by atoms with Crippen LogP contribution in [0.1, 0.15) is 32.6 Å². The van der Waals surface area contributed by atoms with E-state index in [9.17, 15) is 4.79 Å². The summed E-state index contributed by atoms with van der Waals surface area (Å²) >= 11 is 0. The molecule has 0 unspecified atom stereocenters. The van der Waals surface area contributed by atoms with Gasteiger partial charge in [-0.3, -0.25) is 4.79 Å². The molecule has 6 nitrogen and oxygen atoms in total. The molecule has 1 aromatic carbocycles. The van der Waals surface area contributed by atoms with Crippen LogP contribution in [0.25, 0.3) is 5.69 Å². The van der Waals surface area contributed by atoms with Crippen molar-refractivity contribution in [3.8, 4) is 5.69 Å². The molecule has 0 saturated heterocycles. The Hall–Kier alpha value is -2.37. The number of nitrogens with zero attached hydrogens (tertiary/aromatic N) is 3. The van der Waals surface area contributed by atoms with Crippen LogP contribution in [0.4, 0.5) is 5.69 Å². The van der Waals surface area contributed by atoms with Crippen LogP contribution in [0.15, 0.2) is 36.9 Å². The number of carbonyl (C=O) groups is 1. The number of nitrogens with one attached hydrogen (secondary N) is 2. The third kappa shape index (κ3) is 3.52. The molecule has 2 saturated carbocycles. The summed E-state index contributed by atoms with van der Waals surface area (Å²) < 4.78 is 1.70. The predicted octanol–water partition coefficient (Wildman–Crippen LogP) is 2.62. The number of hydrogen-bond donors (Lipinski definition) is 2. The first-order chi connectivity index (χ1) is 12.2. The number of carbonyl (C=O) groups excluding carboxylic acids is 1. The van der Waals surface area contributed by atoms with Crippen LogP contribution in [-0.2, 0) is 4.79 Å². The molecule has 1 amide bonds. The monoisotopic (exact) mass is 339 g/mol. The van der Waals surface area contributed by atoms with Gasteiger partial charge in [-0.05, 0) is 68.2 Å². The Bertz CT molecular complexity index is 712. The molecule has 0 aliphatic heterocycles. The molecule has 132 valence electrons. The van der Waals surface area contributed by atoms with E-state index in [0.29, 0.717) is 12.5 Å². The smallest absolute Gasteiger partial charge is 0.239 e. The van der Waals surface area contributed by atoms with Gasteiger partial charge in [0.15, 0.2) is 0 Å². The average Bonchev–Trinajstić information content (AvgIpc) is 3.37. The van der Waals surface area contributed by atoms with E-state index in [-0.39, 0.29) is 11.9 Å². The maximum absolute atomic E-state index is 12.2. The van der Waals surface area contributed by atoms with E-state index in [0.717, 1.165) is 23.2 Å². The third-order valence-corrected chi connectivity index (χ3v) is 5.83. The Kier molecular flexibility index (Phi) is 4.42. The molecule has 6 heteroatoms. The van der Waals surface area contributed by atoms with E-state index < -0.39 is 0 Å². The Balaban J connectivity index is 1.26. The fraction of sp³-hybridized carbons (Fsp3) is 0.526. The van der Waals surface area contributed by atoms with Crippen molar-refractivity contribution >= 4 is 11.6 Å². The highest BCUT2D eigenvalue weighted by Gasteiger charge is 2.42. The first kappa shape index (κ1) is 16.1. The van der Waals surface area contributed by atoms with E-state index in [1.807, 2.05) is 24.3 Å². The lowest BCUT2D eigenvalue weighted by Crippen LogP contribution is -2.42. The molecule has 2 aromatic rings. The standard InChI is InChI=1S/C19H25N5O/c1-13(18-9-14-2-3-15(18)8-14)23-19(25)10-21-16-4-6-17(7-5-16)24-12-20-11-22-24/h4-7,11-15,18,21H,2-3,8-10H2,1H3,(H,23,25)/t13-,14-,15-,18-/m0/s1. The molecule has 1 heterocycles. The van der Waals surface area contributed by atoms with Crippen molar-refractivity contribution in [2.24, 2.45) is 17.8 Å². The Morgan fingerprint density at radius 1 is 1.28 bits per heavy atom. The summed E-state index contributed by atoms with van der Waals surface area (Å²) in [5, 5.41) is 10.5. The van der Waals surface area contributed by atoms with Gasteiger partial charge >= 0.3 is 0 Å². The van der Waals surface area contributed by atoms with Gasteiger partial charge < -0.3 is 10.6 Å². The van der Waals surface area contributed by atoms with E-state index >= 15 is 0 Å². The van der Waals surface area contributed by atoms with Crippen molar-refractivity contribution in [1.29, 1.82) is 0 Å². The normalized spacial score (nSPS) is 25.7. The second-order valence-electron chi connectivity index (χ2n) is 7.44. The topological polar surface area (TPSA) is 71.8 Å². The summed E-state index contributed by atoms with van der Waals surface area (Å²) in [4.78, 5) is 16.2. The summed E-state index contributed by atoms with van der Waals surface area (Å²) in [6, 6.07) is 8.08. The SMILES string of the molecule is C[C@H](NC(=O)CNc1ccc(-n2cncn2)cc1)[C@@H]1C[C@H]2CC[C@H]1C2. The molecule has 0 radical (unpaired) electrons. The van der Waals surface area contributed by atoms with Crippen LogP contribution >= 0.6 is 0 Å². The number of aromatic nitrogens is 3. The lowest BCUT2D eigenvalue weighted by atomic mass is 9.84. The fourth-order valence-corrected chi connectivity index (χ4v) is 4.57. The summed E-state index contributed by atoms with van der Waals surface area (Å²) in [5.41, 5.74) is 1.86. The fourth-order valence-electron chi connectivity index (χ4n) is 4.57. The van der Waals surface area contributed by atoms with Crippen molar-refractivity contribution < 1.29 is 4.79 Å². The molecular formula is C19H25N5O. The quantitative estimate of drug-likeness (QED) is 0.849. The highest BCUT2D eigenvalue weighted by Crippen LogP contribution is 2.49. The first-order valence-corrected chi connectivity index (χ1v) is 9.17. The van der Waals surface area contributed by atoms with Gasteiger partial charge in [-0.15, -0.1) is 0 Å². The second kappa shape index (κ2) is 6.86. The van der Waals surface area contributed by atoms with Crippen molar-refractivity contribution in [3.63, 3.8) is 0 Å². The van der Waals surface area contributed by atoms with E-state index in [4.69, 9.17) is 0 Å². The van der Waals surface area contributed by atoms with Crippen LogP contribution in [0.2, 0.25) is 0 Å². The summed E-state index contributed by atoms with van der Waals surface area (Å²) in [6.07, 6.45) is 8.59. The van der Waals surface area contributed by atoms with Gasteiger partial charge in [-0.1, -0.05) is 6.42 Å². The summed E-state index contributed by atoms with van der Waals surface area (Å²) in [5.74, 6) is 2.48. The van der Waals surface area contributed by atoms with Crippen molar-refractivity contribution in [3.05, 3.63) is 36.9 Å². The van der Waals surface area contributed by atoms with Crippen molar-refractivity contribution in [2.75, 3.05) is 11.9 Å². The lowest BCUT2D eigenvalue weighted by Gasteiger charge is -2.28. The molecule has 2 N–H and O–H groups in total. The van der Waals surface area contributed by atoms with Crippen molar-refractivity contribution in [1.82, 2.24) is 20.1 Å². The van der Waals surface area contributed by atoms with Crippen LogP contribution in [-0.4, -0.2) is 33.3 Å². The van der Waals surface area contributed by atoms with E-state index in [1.54, 1.807) is 11.0 Å². The van der Waals surface area contributed by atoms with Gasteiger partial charge in [-0.25, -0.2) is 9.67 Å². The Morgan fingerprint density at radius 3 is 2.76 bits per heavy atom. The number of anilines is 1. The zero-order chi connectivity index (χ0) is 17.2. The molecule has 2 fully saturated rings. The lowest BCUT2D eigenvalue weighted by molar-refractivity contribution is -0.120. The largest absolute Gasteiger partial charge is 0.376 e. The number of rotatable bonds is 6. The van der Waals surface area contributed by atoms with Gasteiger partial charge in [0.25, 0.3) is 0 Å². The number of fused-ring (bicyclic) bond motifs is 2.